The first-order chi connectivity index (χ1) is 19.8. The first kappa shape index (κ1) is 27.6. The number of nitrogens with two attached hydrogens (primary N) is 1. The highest BCUT2D eigenvalue weighted by molar-refractivity contribution is 6.30. The third kappa shape index (κ3) is 6.46. The van der Waals surface area contributed by atoms with Crippen LogP contribution in [-0.2, 0) is 11.4 Å². The quantitative estimate of drug-likeness (QED) is 0.186. The zero-order chi connectivity index (χ0) is 28.9. The van der Waals surface area contributed by atoms with Crippen molar-refractivity contribution in [2.75, 3.05) is 6.61 Å². The molecule has 1 atom stereocenters. The van der Waals surface area contributed by atoms with Crippen LogP contribution in [0.3, 0.4) is 0 Å². The maximum absolute atomic E-state index is 12.5. The number of esters is 1. The highest BCUT2D eigenvalue weighted by atomic mass is 35.5. The molecule has 5 rings (SSSR count). The molecular formula is C33H27ClN2O5. The lowest BCUT2D eigenvalue weighted by Gasteiger charge is -2.27. The SMILES string of the molecule is Cc1ccc(COc2cccc(C3C(C#N)=C(N)Oc4cc(OC(=O)COc5ccc(Cl)cc5C)ccc43)c2)cc1. The van der Waals surface area contributed by atoms with Crippen molar-refractivity contribution in [3.8, 4) is 29.1 Å². The lowest BCUT2D eigenvalue weighted by atomic mass is 9.83. The largest absolute Gasteiger partial charge is 0.489 e. The van der Waals surface area contributed by atoms with Gasteiger partial charge in [-0.15, -0.1) is 0 Å². The fourth-order valence-corrected chi connectivity index (χ4v) is 4.78. The van der Waals surface area contributed by atoms with E-state index in [-0.39, 0.29) is 23.8 Å². The van der Waals surface area contributed by atoms with Gasteiger partial charge in [-0.3, -0.25) is 0 Å². The molecule has 1 aliphatic rings. The number of allylic oxidation sites excluding steroid dienone is 1. The molecule has 4 aromatic rings. The molecular weight excluding hydrogens is 540 g/mol. The summed E-state index contributed by atoms with van der Waals surface area (Å²) in [4.78, 5) is 12.5. The van der Waals surface area contributed by atoms with Crippen molar-refractivity contribution in [2.45, 2.75) is 26.4 Å². The van der Waals surface area contributed by atoms with Crippen molar-refractivity contribution in [1.29, 1.82) is 5.26 Å². The average molecular weight is 567 g/mol. The predicted molar refractivity (Wildman–Crippen MR) is 155 cm³/mol. The Labute approximate surface area is 243 Å². The molecule has 206 valence electrons. The Morgan fingerprint density at radius 3 is 2.54 bits per heavy atom. The van der Waals surface area contributed by atoms with Crippen LogP contribution in [-0.4, -0.2) is 12.6 Å². The third-order valence-electron chi connectivity index (χ3n) is 6.62. The van der Waals surface area contributed by atoms with Gasteiger partial charge in [-0.25, -0.2) is 4.79 Å². The van der Waals surface area contributed by atoms with Crippen molar-refractivity contribution >= 4 is 17.6 Å². The molecule has 41 heavy (non-hydrogen) atoms. The molecule has 1 aliphatic heterocycles. The zero-order valence-electron chi connectivity index (χ0n) is 22.5. The molecule has 0 saturated heterocycles. The van der Waals surface area contributed by atoms with Crippen molar-refractivity contribution in [1.82, 2.24) is 0 Å². The summed E-state index contributed by atoms with van der Waals surface area (Å²) in [5.74, 6) is 0.743. The zero-order valence-corrected chi connectivity index (χ0v) is 23.3. The number of nitriles is 1. The summed E-state index contributed by atoms with van der Waals surface area (Å²) < 4.78 is 22.9. The Hall–Kier alpha value is -4.93. The predicted octanol–water partition coefficient (Wildman–Crippen LogP) is 6.74. The number of benzene rings is 4. The summed E-state index contributed by atoms with van der Waals surface area (Å²) in [6.45, 7) is 3.99. The third-order valence-corrected chi connectivity index (χ3v) is 6.86. The van der Waals surface area contributed by atoms with Crippen LogP contribution in [0, 0.1) is 25.2 Å². The molecule has 7 nitrogen and oxygen atoms in total. The Balaban J connectivity index is 1.33. The van der Waals surface area contributed by atoms with E-state index in [1.165, 1.54) is 5.56 Å². The highest BCUT2D eigenvalue weighted by Crippen LogP contribution is 2.44. The summed E-state index contributed by atoms with van der Waals surface area (Å²) in [6, 6.07) is 28.0. The van der Waals surface area contributed by atoms with E-state index >= 15 is 0 Å². The molecule has 1 heterocycles. The molecule has 2 N–H and O–H groups in total. The molecule has 0 spiro atoms. The fraction of sp³-hybridized carbons (Fsp3) is 0.152. The van der Waals surface area contributed by atoms with Crippen LogP contribution in [0.4, 0.5) is 0 Å². The molecule has 0 radical (unpaired) electrons. The van der Waals surface area contributed by atoms with Gasteiger partial charge < -0.3 is 24.7 Å². The van der Waals surface area contributed by atoms with E-state index in [2.05, 4.69) is 6.07 Å². The van der Waals surface area contributed by atoms with Gasteiger partial charge >= 0.3 is 5.97 Å². The minimum Gasteiger partial charge on any atom is -0.489 e. The van der Waals surface area contributed by atoms with Crippen LogP contribution in [0.1, 0.15) is 33.7 Å². The molecule has 4 aromatic carbocycles. The van der Waals surface area contributed by atoms with E-state index in [9.17, 15) is 10.1 Å². The van der Waals surface area contributed by atoms with Crippen LogP contribution in [0.5, 0.6) is 23.0 Å². The molecule has 0 fully saturated rings. The number of carbonyl (C=O) groups excluding carboxylic acids is 1. The molecule has 0 aromatic heterocycles. The van der Waals surface area contributed by atoms with Crippen LogP contribution >= 0.6 is 11.6 Å². The van der Waals surface area contributed by atoms with Gasteiger partial charge in [-0.05, 0) is 66.9 Å². The normalized spacial score (nSPS) is 14.0. The number of aryl methyl sites for hydroxylation is 2. The van der Waals surface area contributed by atoms with Gasteiger partial charge in [0, 0.05) is 16.7 Å². The number of fused-ring (bicyclic) bond motifs is 1. The Morgan fingerprint density at radius 2 is 1.78 bits per heavy atom. The van der Waals surface area contributed by atoms with Crippen LogP contribution in [0.15, 0.2) is 96.4 Å². The average Bonchev–Trinajstić information content (AvgIpc) is 2.96. The standard InChI is InChI=1S/C33H27ClN2O5/c1-20-6-8-22(9-7-20)18-38-25-5-3-4-23(15-25)32-27-12-11-26(16-30(27)41-33(36)28(32)17-35)40-31(37)19-39-29-13-10-24(34)14-21(29)2/h3-16,32H,18-19,36H2,1-2H3. The van der Waals surface area contributed by atoms with E-state index < -0.39 is 11.9 Å². The number of hydrogen-bond acceptors (Lipinski definition) is 7. The van der Waals surface area contributed by atoms with Gasteiger partial charge in [-0.2, -0.15) is 5.26 Å². The summed E-state index contributed by atoms with van der Waals surface area (Å²) >= 11 is 5.98. The van der Waals surface area contributed by atoms with Gasteiger partial charge in [0.2, 0.25) is 5.88 Å². The fourth-order valence-electron chi connectivity index (χ4n) is 4.55. The van der Waals surface area contributed by atoms with Crippen molar-refractivity contribution < 1.29 is 23.7 Å². The molecule has 0 amide bonds. The minimum absolute atomic E-state index is 0.0130. The smallest absolute Gasteiger partial charge is 0.349 e. The molecule has 8 heteroatoms. The van der Waals surface area contributed by atoms with E-state index in [0.29, 0.717) is 34.4 Å². The second kappa shape index (κ2) is 12.1. The highest BCUT2D eigenvalue weighted by Gasteiger charge is 2.31. The number of ether oxygens (including phenoxy) is 4. The van der Waals surface area contributed by atoms with E-state index in [1.54, 1.807) is 36.4 Å². The first-order valence-electron chi connectivity index (χ1n) is 12.9. The topological polar surface area (TPSA) is 104 Å². The number of halogens is 1. The molecule has 1 unspecified atom stereocenters. The van der Waals surface area contributed by atoms with Crippen LogP contribution in [0.25, 0.3) is 0 Å². The second-order valence-electron chi connectivity index (χ2n) is 9.64. The first-order valence-corrected chi connectivity index (χ1v) is 13.3. The lowest BCUT2D eigenvalue weighted by molar-refractivity contribution is -0.136. The summed E-state index contributed by atoms with van der Waals surface area (Å²) in [5.41, 5.74) is 11.0. The van der Waals surface area contributed by atoms with Crippen LogP contribution in [0.2, 0.25) is 5.02 Å². The van der Waals surface area contributed by atoms with Gasteiger partial charge in [0.05, 0.1) is 5.92 Å². The summed E-state index contributed by atoms with van der Waals surface area (Å²) in [6.07, 6.45) is 0. The van der Waals surface area contributed by atoms with Gasteiger partial charge in [-0.1, -0.05) is 59.6 Å². The monoisotopic (exact) mass is 566 g/mol. The number of nitrogens with zero attached hydrogens (tertiary/aromatic N) is 1. The maximum atomic E-state index is 12.5. The van der Waals surface area contributed by atoms with E-state index in [4.69, 9.17) is 36.3 Å². The molecule has 0 saturated carbocycles. The number of rotatable bonds is 8. The Bertz CT molecular complexity index is 1670. The van der Waals surface area contributed by atoms with E-state index in [0.717, 1.165) is 16.7 Å². The van der Waals surface area contributed by atoms with E-state index in [1.807, 2.05) is 62.4 Å². The van der Waals surface area contributed by atoms with Crippen molar-refractivity contribution in [3.05, 3.63) is 129 Å². The van der Waals surface area contributed by atoms with Gasteiger partial charge in [0.25, 0.3) is 0 Å². The van der Waals surface area contributed by atoms with Gasteiger partial charge in [0.15, 0.2) is 6.61 Å². The van der Waals surface area contributed by atoms with Gasteiger partial charge in [0.1, 0.15) is 41.2 Å². The van der Waals surface area contributed by atoms with Crippen molar-refractivity contribution in [2.24, 2.45) is 5.73 Å². The summed E-state index contributed by atoms with van der Waals surface area (Å²) in [5, 5.41) is 10.5. The van der Waals surface area contributed by atoms with Crippen LogP contribution < -0.4 is 24.7 Å². The van der Waals surface area contributed by atoms with Crippen molar-refractivity contribution in [3.63, 3.8) is 0 Å². The summed E-state index contributed by atoms with van der Waals surface area (Å²) in [7, 11) is 0. The maximum Gasteiger partial charge on any atom is 0.349 e. The number of hydrogen-bond donors (Lipinski definition) is 1. The number of carbonyl (C=O) groups is 1. The Kier molecular flexibility index (Phi) is 8.14. The molecule has 0 aliphatic carbocycles. The Morgan fingerprint density at radius 1 is 0.976 bits per heavy atom. The molecule has 0 bridgehead atoms. The lowest BCUT2D eigenvalue weighted by Crippen LogP contribution is -2.22. The minimum atomic E-state index is -0.591. The second-order valence-corrected chi connectivity index (χ2v) is 10.1.